The number of aliphatic hydroxyl groups is 1. The zero-order valence-electron chi connectivity index (χ0n) is 11.9. The van der Waals surface area contributed by atoms with Crippen LogP contribution in [-0.4, -0.2) is 70.9 Å². The van der Waals surface area contributed by atoms with Crippen molar-refractivity contribution >= 4 is 36.3 Å². The van der Waals surface area contributed by atoms with Gasteiger partial charge in [0.2, 0.25) is 17.7 Å². The fourth-order valence-electron chi connectivity index (χ4n) is 1.33. The second-order valence-electron chi connectivity index (χ2n) is 4.35. The van der Waals surface area contributed by atoms with Crippen LogP contribution < -0.4 is 21.7 Å². The van der Waals surface area contributed by atoms with Gasteiger partial charge in [0, 0.05) is 5.75 Å². The summed E-state index contributed by atoms with van der Waals surface area (Å²) in [6.07, 6.45) is -1.32. The largest absolute Gasteiger partial charge is 0.480 e. The molecule has 3 amide bonds. The number of hydrogen-bond donors (Lipinski definition) is 7. The van der Waals surface area contributed by atoms with E-state index >= 15 is 0 Å². The normalized spacial score (nSPS) is 14.4. The predicted octanol–water partition coefficient (Wildman–Crippen LogP) is -3.57. The fourth-order valence-corrected chi connectivity index (χ4v) is 1.59. The molecule has 0 radical (unpaired) electrons. The van der Waals surface area contributed by atoms with Gasteiger partial charge >= 0.3 is 5.97 Å². The first-order chi connectivity index (χ1) is 10.2. The van der Waals surface area contributed by atoms with Gasteiger partial charge < -0.3 is 31.9 Å². The lowest BCUT2D eigenvalue weighted by Gasteiger charge is -2.21. The van der Waals surface area contributed by atoms with Crippen LogP contribution >= 0.6 is 12.6 Å². The molecule has 0 aromatic heterocycles. The molecule has 3 atom stereocenters. The minimum absolute atomic E-state index is 0.103. The van der Waals surface area contributed by atoms with Crippen LogP contribution in [0.15, 0.2) is 0 Å². The van der Waals surface area contributed by atoms with Crippen LogP contribution in [0.3, 0.4) is 0 Å². The average Bonchev–Trinajstić information content (AvgIpc) is 2.46. The third kappa shape index (κ3) is 7.24. The maximum atomic E-state index is 11.9. The van der Waals surface area contributed by atoms with Crippen molar-refractivity contribution in [3.05, 3.63) is 0 Å². The first kappa shape index (κ1) is 20.1. The van der Waals surface area contributed by atoms with E-state index in [1.807, 2.05) is 0 Å². The van der Waals surface area contributed by atoms with Crippen LogP contribution in [0.1, 0.15) is 6.92 Å². The number of carbonyl (C=O) groups is 4. The number of aliphatic hydroxyl groups excluding tert-OH is 1. The molecule has 3 unspecified atom stereocenters. The molecule has 10 nitrogen and oxygen atoms in total. The van der Waals surface area contributed by atoms with Gasteiger partial charge in [0.05, 0.1) is 19.2 Å². The molecule has 22 heavy (non-hydrogen) atoms. The third-order valence-corrected chi connectivity index (χ3v) is 2.88. The molecule has 0 spiro atoms. The Hall–Kier alpha value is -1.85. The van der Waals surface area contributed by atoms with Gasteiger partial charge in [-0.2, -0.15) is 12.6 Å². The molecule has 0 aliphatic heterocycles. The van der Waals surface area contributed by atoms with E-state index < -0.39 is 41.9 Å². The number of nitrogens with two attached hydrogens (primary N) is 1. The van der Waals surface area contributed by atoms with Gasteiger partial charge in [-0.15, -0.1) is 0 Å². The summed E-state index contributed by atoms with van der Waals surface area (Å²) in [5, 5.41) is 24.7. The molecule has 0 saturated heterocycles. The molecule has 0 aromatic carbocycles. The maximum Gasteiger partial charge on any atom is 0.328 e. The second-order valence-corrected chi connectivity index (χ2v) is 4.71. The first-order valence-electron chi connectivity index (χ1n) is 6.31. The summed E-state index contributed by atoms with van der Waals surface area (Å²) in [7, 11) is 0. The molecular weight excluding hydrogens is 316 g/mol. The average molecular weight is 336 g/mol. The van der Waals surface area contributed by atoms with Crippen molar-refractivity contribution in [1.29, 1.82) is 0 Å². The van der Waals surface area contributed by atoms with E-state index in [9.17, 15) is 24.3 Å². The minimum Gasteiger partial charge on any atom is -0.480 e. The molecule has 126 valence electrons. The van der Waals surface area contributed by atoms with E-state index in [1.54, 1.807) is 0 Å². The number of aliphatic carboxylic acids is 1. The molecule has 0 rings (SSSR count). The summed E-state index contributed by atoms with van der Waals surface area (Å²) < 4.78 is 0. The van der Waals surface area contributed by atoms with Crippen molar-refractivity contribution in [3.8, 4) is 0 Å². The van der Waals surface area contributed by atoms with Crippen LogP contribution in [0, 0.1) is 0 Å². The van der Waals surface area contributed by atoms with Gasteiger partial charge in [-0.25, -0.2) is 4.79 Å². The molecule has 0 saturated carbocycles. The van der Waals surface area contributed by atoms with E-state index in [0.29, 0.717) is 0 Å². The predicted molar refractivity (Wildman–Crippen MR) is 79.1 cm³/mol. The van der Waals surface area contributed by atoms with Gasteiger partial charge in [0.15, 0.2) is 6.04 Å². The molecule has 0 aliphatic rings. The first-order valence-corrected chi connectivity index (χ1v) is 6.94. The lowest BCUT2D eigenvalue weighted by atomic mass is 10.1. The monoisotopic (exact) mass is 336 g/mol. The van der Waals surface area contributed by atoms with Gasteiger partial charge in [-0.05, 0) is 6.92 Å². The fraction of sp³-hybridized carbons (Fsp3) is 0.636. The third-order valence-electron chi connectivity index (χ3n) is 2.51. The summed E-state index contributed by atoms with van der Waals surface area (Å²) in [4.78, 5) is 45.2. The standard InChI is InChI=1S/C11H20N4O6S/c1-5(16)9(11(20)21)15-10(19)6(4-22)14-8(18)3-13-7(17)2-12/h5-6,9,16,22H,2-4,12H2,1H3,(H,13,17)(H,14,18)(H,15,19)(H,20,21). The quantitative estimate of drug-likeness (QED) is 0.213. The summed E-state index contributed by atoms with van der Waals surface area (Å²) in [6, 6.07) is -2.63. The lowest BCUT2D eigenvalue weighted by molar-refractivity contribution is -0.145. The molecule has 0 aliphatic carbocycles. The zero-order chi connectivity index (χ0) is 17.3. The van der Waals surface area contributed by atoms with Crippen LogP contribution in [0.25, 0.3) is 0 Å². The van der Waals surface area contributed by atoms with E-state index in [1.165, 1.54) is 6.92 Å². The van der Waals surface area contributed by atoms with Crippen molar-refractivity contribution in [1.82, 2.24) is 16.0 Å². The molecule has 0 heterocycles. The number of carboxylic acid groups (broad SMARTS) is 1. The Morgan fingerprint density at radius 2 is 1.77 bits per heavy atom. The lowest BCUT2D eigenvalue weighted by Crippen LogP contribution is -2.56. The summed E-state index contributed by atoms with van der Waals surface area (Å²) in [5.41, 5.74) is 5.05. The van der Waals surface area contributed by atoms with Crippen molar-refractivity contribution < 1.29 is 29.4 Å². The molecule has 0 bridgehead atoms. The van der Waals surface area contributed by atoms with E-state index in [-0.39, 0.29) is 18.8 Å². The Morgan fingerprint density at radius 1 is 1.18 bits per heavy atom. The highest BCUT2D eigenvalue weighted by Gasteiger charge is 2.28. The molecule has 11 heteroatoms. The van der Waals surface area contributed by atoms with Crippen LogP contribution in [0.5, 0.6) is 0 Å². The Bertz CT molecular complexity index is 431. The molecular formula is C11H20N4O6S. The van der Waals surface area contributed by atoms with Gasteiger partial charge in [0.25, 0.3) is 0 Å². The smallest absolute Gasteiger partial charge is 0.328 e. The number of thiol groups is 1. The Morgan fingerprint density at radius 3 is 2.18 bits per heavy atom. The van der Waals surface area contributed by atoms with E-state index in [2.05, 4.69) is 28.6 Å². The topological polar surface area (TPSA) is 171 Å². The van der Waals surface area contributed by atoms with Crippen molar-refractivity contribution in [2.75, 3.05) is 18.8 Å². The summed E-state index contributed by atoms with van der Waals surface area (Å²) >= 11 is 3.89. The number of carbonyl (C=O) groups excluding carboxylic acids is 3. The van der Waals surface area contributed by atoms with Crippen LogP contribution in [0.2, 0.25) is 0 Å². The Balaban J connectivity index is 4.55. The highest BCUT2D eigenvalue weighted by Crippen LogP contribution is 1.96. The molecule has 7 N–H and O–H groups in total. The molecule has 0 fully saturated rings. The van der Waals surface area contributed by atoms with Crippen molar-refractivity contribution in [3.63, 3.8) is 0 Å². The Kier molecular flexibility index (Phi) is 9.13. The number of hydrogen-bond acceptors (Lipinski definition) is 7. The van der Waals surface area contributed by atoms with Crippen molar-refractivity contribution in [2.24, 2.45) is 5.73 Å². The summed E-state index contributed by atoms with van der Waals surface area (Å²) in [5.74, 6) is -3.54. The number of amides is 3. The highest BCUT2D eigenvalue weighted by atomic mass is 32.1. The number of carboxylic acids is 1. The Labute approximate surface area is 132 Å². The summed E-state index contributed by atoms with van der Waals surface area (Å²) in [6.45, 7) is 0.542. The van der Waals surface area contributed by atoms with Crippen molar-refractivity contribution in [2.45, 2.75) is 25.1 Å². The second kappa shape index (κ2) is 9.97. The SMILES string of the molecule is CC(O)C(NC(=O)C(CS)NC(=O)CNC(=O)CN)C(=O)O. The highest BCUT2D eigenvalue weighted by molar-refractivity contribution is 7.80. The number of rotatable bonds is 9. The number of nitrogens with one attached hydrogen (secondary N) is 3. The van der Waals surface area contributed by atoms with E-state index in [4.69, 9.17) is 10.8 Å². The maximum absolute atomic E-state index is 11.9. The zero-order valence-corrected chi connectivity index (χ0v) is 12.8. The van der Waals surface area contributed by atoms with E-state index in [0.717, 1.165) is 0 Å². The van der Waals surface area contributed by atoms with Crippen LogP contribution in [-0.2, 0) is 19.2 Å². The van der Waals surface area contributed by atoms with Gasteiger partial charge in [0.1, 0.15) is 6.04 Å². The van der Waals surface area contributed by atoms with Gasteiger partial charge in [-0.1, -0.05) is 0 Å². The van der Waals surface area contributed by atoms with Crippen LogP contribution in [0.4, 0.5) is 0 Å². The minimum atomic E-state index is -1.51. The molecule has 0 aromatic rings. The van der Waals surface area contributed by atoms with Gasteiger partial charge in [-0.3, -0.25) is 14.4 Å².